The first kappa shape index (κ1) is 34.7. The Kier molecular flexibility index (Phi) is 12.4. The summed E-state index contributed by atoms with van der Waals surface area (Å²) in [6.45, 7) is 19.6. The number of allylic oxidation sites excluding steroid dienone is 2. The number of aliphatic hydroxyl groups is 1. The molecule has 0 spiro atoms. The van der Waals surface area contributed by atoms with Crippen molar-refractivity contribution < 1.29 is 32.7 Å². The van der Waals surface area contributed by atoms with Crippen LogP contribution in [0.3, 0.4) is 0 Å². The molecule has 2 heterocycles. The zero-order valence-electron chi connectivity index (χ0n) is 30.8. The first-order chi connectivity index (χ1) is 22.3. The minimum atomic E-state index is -1.57. The van der Waals surface area contributed by atoms with E-state index in [1.807, 2.05) is 33.8 Å². The topological polar surface area (TPSA) is 50.2 Å². The Balaban J connectivity index is 0.000000334. The number of fused-ring (bicyclic) bond motifs is 4. The molecule has 0 unspecified atom stereocenters. The van der Waals surface area contributed by atoms with Crippen molar-refractivity contribution in [2.45, 2.75) is 92.8 Å². The van der Waals surface area contributed by atoms with Gasteiger partial charge in [0.1, 0.15) is 0 Å². The van der Waals surface area contributed by atoms with E-state index >= 15 is 0 Å². The Bertz CT molecular complexity index is 1920. The largest absolute Gasteiger partial charge is 0.512 e. The number of carbonyl (C=O) groups excluding carboxylic acids is 1. The van der Waals surface area contributed by atoms with Crippen LogP contribution in [0, 0.1) is 17.9 Å². The fraction of sp³-hybridized carbons (Fsp3) is 0.400. The van der Waals surface area contributed by atoms with Gasteiger partial charge in [-0.05, 0) is 53.6 Å². The van der Waals surface area contributed by atoms with Crippen molar-refractivity contribution in [3.05, 3.63) is 84.2 Å². The Morgan fingerprint density at radius 2 is 1.57 bits per heavy atom. The minimum absolute atomic E-state index is 0. The maximum Gasteiger partial charge on any atom is 0.162 e. The number of benzene rings is 3. The molecule has 0 aliphatic rings. The minimum Gasteiger partial charge on any atom is -0.512 e. The quantitative estimate of drug-likeness (QED) is 0.0660. The number of carbonyl (C=O) groups is 1. The van der Waals surface area contributed by atoms with Gasteiger partial charge in [0.25, 0.3) is 0 Å². The molecule has 247 valence electrons. The van der Waals surface area contributed by atoms with Crippen molar-refractivity contribution in [3.63, 3.8) is 0 Å². The molecule has 0 amide bonds. The van der Waals surface area contributed by atoms with Crippen molar-refractivity contribution in [3.8, 4) is 11.3 Å². The summed E-state index contributed by atoms with van der Waals surface area (Å²) < 4.78 is 19.4. The van der Waals surface area contributed by atoms with Crippen LogP contribution < -0.4 is 5.19 Å². The number of rotatable bonds is 10. The van der Waals surface area contributed by atoms with Gasteiger partial charge in [0.05, 0.1) is 16.6 Å². The molecule has 3 nitrogen and oxygen atoms in total. The van der Waals surface area contributed by atoms with E-state index in [1.54, 1.807) is 11.3 Å². The van der Waals surface area contributed by atoms with Gasteiger partial charge < -0.3 is 5.11 Å². The van der Waals surface area contributed by atoms with Gasteiger partial charge in [0.2, 0.25) is 0 Å². The van der Waals surface area contributed by atoms with Crippen LogP contribution in [0.25, 0.3) is 42.2 Å². The van der Waals surface area contributed by atoms with E-state index in [9.17, 15) is 9.90 Å². The average Bonchev–Trinajstić information content (AvgIpc) is 3.43. The molecule has 2 aromatic heterocycles. The molecule has 5 aromatic rings. The summed E-state index contributed by atoms with van der Waals surface area (Å²) in [4.78, 5) is 16.4. The normalized spacial score (nSPS) is 12.8. The van der Waals surface area contributed by atoms with Gasteiger partial charge in [-0.1, -0.05) is 109 Å². The fourth-order valence-electron chi connectivity index (χ4n) is 6.02. The summed E-state index contributed by atoms with van der Waals surface area (Å²) in [5.74, 6) is 0.904. The molecule has 5 rings (SSSR count). The van der Waals surface area contributed by atoms with Crippen LogP contribution in [0.5, 0.6) is 0 Å². The van der Waals surface area contributed by atoms with Gasteiger partial charge >= 0.3 is 0 Å². The third kappa shape index (κ3) is 8.25. The molecule has 0 bridgehead atoms. The van der Waals surface area contributed by atoms with E-state index in [2.05, 4.69) is 87.0 Å². The van der Waals surface area contributed by atoms with Gasteiger partial charge in [-0.15, -0.1) is 40.5 Å². The zero-order chi connectivity index (χ0) is 34.6. The van der Waals surface area contributed by atoms with E-state index < -0.39 is 8.07 Å². The SMILES string of the molecule is CCC(CC)C(=O)/C=C(\O)C(CC)CC.[2H]c1nc(-c2[c-]c3ccccc3c(C(C)C)c2)c2sc3c([Si](C)(C)C)cccc3c2c1[2H].[Ir]. The standard InChI is InChI=1S/C27H26NSSi.C13H24O2.Ir/c1-17(2)23-16-19(15-18-9-6-7-10-20(18)23)25-27-22(13-14-28-25)21-11-8-12-24(26(21)29-27)30(3,4)5;1-5-10(6-2)12(14)9-13(15)11(7-3)8-4;/h6-14,16-17H,1-5H3;9-11,14H,5-8H2,1-4H3;/q-1;;/b;12-9-;/i13D,14D;;. The Hall–Kier alpha value is -2.63. The number of aliphatic hydroxyl groups excluding tert-OH is 1. The van der Waals surface area contributed by atoms with Crippen molar-refractivity contribution >= 4 is 61.3 Å². The van der Waals surface area contributed by atoms with Crippen LogP contribution in [0.15, 0.2) is 72.6 Å². The molecule has 0 saturated carbocycles. The van der Waals surface area contributed by atoms with E-state index in [1.165, 1.54) is 26.9 Å². The van der Waals surface area contributed by atoms with Gasteiger partial charge in [-0.3, -0.25) is 9.78 Å². The molecule has 46 heavy (non-hydrogen) atoms. The maximum absolute atomic E-state index is 11.7. The molecule has 0 aliphatic heterocycles. The van der Waals surface area contributed by atoms with Crippen LogP contribution in [0.4, 0.5) is 0 Å². The fourth-order valence-corrected chi connectivity index (χ4v) is 9.68. The molecule has 1 N–H and O–H groups in total. The summed E-state index contributed by atoms with van der Waals surface area (Å²) in [7, 11) is -1.57. The molecule has 1 radical (unpaired) electrons. The number of hydrogen-bond donors (Lipinski definition) is 1. The number of ketones is 1. The first-order valence-corrected chi connectivity index (χ1v) is 20.8. The molecule has 0 saturated heterocycles. The smallest absolute Gasteiger partial charge is 0.162 e. The Labute approximate surface area is 297 Å². The second kappa shape index (κ2) is 16.5. The van der Waals surface area contributed by atoms with E-state index in [0.29, 0.717) is 5.92 Å². The first-order valence-electron chi connectivity index (χ1n) is 17.5. The van der Waals surface area contributed by atoms with Crippen molar-refractivity contribution in [2.75, 3.05) is 0 Å². The predicted molar refractivity (Wildman–Crippen MR) is 200 cm³/mol. The summed E-state index contributed by atoms with van der Waals surface area (Å²) in [5, 5.41) is 15.4. The molecule has 6 heteroatoms. The van der Waals surface area contributed by atoms with Gasteiger partial charge in [-0.2, -0.15) is 0 Å². The molecule has 3 aromatic carbocycles. The maximum atomic E-state index is 11.7. The molecule has 0 aliphatic carbocycles. The van der Waals surface area contributed by atoms with Crippen LogP contribution >= 0.6 is 11.3 Å². The zero-order valence-corrected chi connectivity index (χ0v) is 33.0. The van der Waals surface area contributed by atoms with Crippen LogP contribution in [-0.2, 0) is 24.9 Å². The summed E-state index contributed by atoms with van der Waals surface area (Å²) in [6.07, 6.45) is 4.93. The predicted octanol–water partition coefficient (Wildman–Crippen LogP) is 11.6. The van der Waals surface area contributed by atoms with Gasteiger partial charge in [0.15, 0.2) is 5.78 Å². The summed E-state index contributed by atoms with van der Waals surface area (Å²) in [6, 6.07) is 20.8. The monoisotopic (exact) mass is 831 g/mol. The number of pyridine rings is 1. The Morgan fingerprint density at radius 1 is 0.935 bits per heavy atom. The summed E-state index contributed by atoms with van der Waals surface area (Å²) in [5.41, 5.74) is 2.94. The van der Waals surface area contributed by atoms with Crippen LogP contribution in [-0.4, -0.2) is 23.9 Å². The molecular weight excluding hydrogens is 779 g/mol. The van der Waals surface area contributed by atoms with E-state index in [4.69, 9.17) is 2.74 Å². The van der Waals surface area contributed by atoms with Crippen molar-refractivity contribution in [2.24, 2.45) is 11.8 Å². The van der Waals surface area contributed by atoms with Gasteiger partial charge in [-0.25, -0.2) is 0 Å². The van der Waals surface area contributed by atoms with Crippen LogP contribution in [0.1, 0.15) is 81.4 Å². The molecule has 0 atom stereocenters. The Morgan fingerprint density at radius 3 is 2.17 bits per heavy atom. The van der Waals surface area contributed by atoms with Crippen molar-refractivity contribution in [1.82, 2.24) is 4.98 Å². The third-order valence-electron chi connectivity index (χ3n) is 8.85. The summed E-state index contributed by atoms with van der Waals surface area (Å²) >= 11 is 1.73. The number of aromatic nitrogens is 1. The van der Waals surface area contributed by atoms with Crippen LogP contribution in [0.2, 0.25) is 19.6 Å². The number of nitrogens with zero attached hydrogens (tertiary/aromatic N) is 1. The number of thiophene rings is 1. The van der Waals surface area contributed by atoms with Crippen molar-refractivity contribution in [1.29, 1.82) is 0 Å². The van der Waals surface area contributed by atoms with Gasteiger partial charge in [0, 0.05) is 59.3 Å². The second-order valence-corrected chi connectivity index (χ2v) is 19.3. The third-order valence-corrected chi connectivity index (χ3v) is 12.3. The number of hydrogen-bond acceptors (Lipinski definition) is 4. The second-order valence-electron chi connectivity index (χ2n) is 13.3. The van der Waals surface area contributed by atoms with E-state index in [-0.39, 0.29) is 55.7 Å². The average molecular weight is 831 g/mol. The van der Waals surface area contributed by atoms with E-state index in [0.717, 1.165) is 57.8 Å². The molecular formula is C40H50IrNO2SSi-. The molecule has 0 fully saturated rings.